The van der Waals surface area contributed by atoms with Gasteiger partial charge in [0.25, 0.3) is 0 Å². The highest BCUT2D eigenvalue weighted by Gasteiger charge is 2.23. The summed E-state index contributed by atoms with van der Waals surface area (Å²) in [6, 6.07) is 10.4. The van der Waals surface area contributed by atoms with E-state index in [9.17, 15) is 13.2 Å². The predicted octanol–water partition coefficient (Wildman–Crippen LogP) is 2.92. The molecule has 9 nitrogen and oxygen atoms in total. The number of rotatable bonds is 7. The molecule has 1 N–H and O–H groups in total. The summed E-state index contributed by atoms with van der Waals surface area (Å²) in [6.07, 6.45) is 0.157. The van der Waals surface area contributed by atoms with E-state index >= 15 is 0 Å². The maximum Gasteiger partial charge on any atom is 0.407 e. The highest BCUT2D eigenvalue weighted by Crippen LogP contribution is 2.38. The first-order valence-corrected chi connectivity index (χ1v) is 9.93. The maximum atomic E-state index is 12.2. The van der Waals surface area contributed by atoms with Crippen molar-refractivity contribution in [2.45, 2.75) is 19.9 Å². The van der Waals surface area contributed by atoms with Crippen LogP contribution in [0.1, 0.15) is 18.1 Å². The lowest BCUT2D eigenvalue weighted by molar-refractivity contribution is 0.170. The Hall–Kier alpha value is -3.27. The number of fused-ring (bicyclic) bond motifs is 1. The molecule has 0 aliphatic carbocycles. The monoisotopic (exact) mass is 419 g/mol. The summed E-state index contributed by atoms with van der Waals surface area (Å²) >= 11 is 0. The number of carbonyl (C=O) groups excluding carboxylic acids is 1. The first-order chi connectivity index (χ1) is 14.0. The number of amides is 1. The molecule has 1 heterocycles. The number of anilines is 2. The summed E-state index contributed by atoms with van der Waals surface area (Å²) in [5, 5.41) is 7.04. The number of thiol groups is 1. The van der Waals surface area contributed by atoms with Gasteiger partial charge in [-0.05, 0) is 41.8 Å². The van der Waals surface area contributed by atoms with Crippen LogP contribution in [0.3, 0.4) is 0 Å². The van der Waals surface area contributed by atoms with Crippen LogP contribution in [0.2, 0.25) is 0 Å². The SMILES string of the molecule is CCc1ccc(OC)c(N(c2noc3ccc(CNC(=O)OC)cc23)[SH](=O)=O)c1. The van der Waals surface area contributed by atoms with E-state index in [2.05, 4.69) is 15.2 Å². The van der Waals surface area contributed by atoms with Crippen molar-refractivity contribution < 1.29 is 27.2 Å². The molecule has 3 aromatic rings. The number of alkyl carbamates (subject to hydrolysis) is 1. The van der Waals surface area contributed by atoms with E-state index in [4.69, 9.17) is 9.26 Å². The van der Waals surface area contributed by atoms with E-state index in [-0.39, 0.29) is 12.4 Å². The van der Waals surface area contributed by atoms with E-state index in [0.29, 0.717) is 22.4 Å². The van der Waals surface area contributed by atoms with Crippen molar-refractivity contribution in [2.75, 3.05) is 18.5 Å². The van der Waals surface area contributed by atoms with E-state index < -0.39 is 17.0 Å². The Kier molecular flexibility index (Phi) is 6.23. The normalized spacial score (nSPS) is 10.9. The molecule has 10 heteroatoms. The molecule has 3 rings (SSSR count). The van der Waals surface area contributed by atoms with Gasteiger partial charge in [0.2, 0.25) is 10.9 Å². The first kappa shape index (κ1) is 20.5. The molecule has 154 valence electrons. The fraction of sp³-hybridized carbons (Fsp3) is 0.263. The summed E-state index contributed by atoms with van der Waals surface area (Å²) in [7, 11) is -0.347. The van der Waals surface area contributed by atoms with Gasteiger partial charge in [-0.15, -0.1) is 0 Å². The molecule has 0 saturated heterocycles. The Bertz CT molecular complexity index is 1100. The number of aromatic nitrogens is 1. The third-order valence-corrected chi connectivity index (χ3v) is 5.11. The number of nitrogens with zero attached hydrogens (tertiary/aromatic N) is 2. The number of aryl methyl sites for hydroxylation is 1. The highest BCUT2D eigenvalue weighted by atomic mass is 32.2. The minimum absolute atomic E-state index is 0.114. The van der Waals surface area contributed by atoms with Crippen LogP contribution in [-0.4, -0.2) is 33.9 Å². The molecule has 0 aliphatic heterocycles. The van der Waals surface area contributed by atoms with E-state index in [1.54, 1.807) is 30.3 Å². The maximum absolute atomic E-state index is 12.2. The van der Waals surface area contributed by atoms with Crippen LogP contribution in [0.25, 0.3) is 11.0 Å². The van der Waals surface area contributed by atoms with Gasteiger partial charge in [0, 0.05) is 6.54 Å². The van der Waals surface area contributed by atoms with Crippen LogP contribution in [0.4, 0.5) is 16.3 Å². The summed E-state index contributed by atoms with van der Waals surface area (Å²) in [6.45, 7) is 2.17. The molecule has 0 aliphatic rings. The molecule has 0 unspecified atom stereocenters. The van der Waals surface area contributed by atoms with Crippen molar-refractivity contribution in [3.8, 4) is 5.75 Å². The number of carbonyl (C=O) groups is 1. The number of benzene rings is 2. The first-order valence-electron chi connectivity index (χ1n) is 8.80. The minimum atomic E-state index is -3.09. The largest absolute Gasteiger partial charge is 0.495 e. The zero-order chi connectivity index (χ0) is 21.0. The van der Waals surface area contributed by atoms with Crippen molar-refractivity contribution in [3.63, 3.8) is 0 Å². The molecule has 0 radical (unpaired) electrons. The van der Waals surface area contributed by atoms with Gasteiger partial charge in [-0.1, -0.05) is 24.2 Å². The molecular weight excluding hydrogens is 398 g/mol. The molecule has 2 aromatic carbocycles. The fourth-order valence-electron chi connectivity index (χ4n) is 2.88. The average Bonchev–Trinajstić information content (AvgIpc) is 3.14. The van der Waals surface area contributed by atoms with E-state index in [1.165, 1.54) is 14.2 Å². The summed E-state index contributed by atoms with van der Waals surface area (Å²) in [4.78, 5) is 11.3. The molecule has 0 saturated carbocycles. The third kappa shape index (κ3) is 4.27. The number of hydrogen-bond acceptors (Lipinski definition) is 7. The second kappa shape index (κ2) is 8.82. The molecule has 1 aromatic heterocycles. The van der Waals surface area contributed by atoms with Crippen LogP contribution in [0, 0.1) is 0 Å². The third-order valence-electron chi connectivity index (χ3n) is 4.38. The Labute approximate surface area is 169 Å². The van der Waals surface area contributed by atoms with Crippen LogP contribution in [0.5, 0.6) is 5.75 Å². The van der Waals surface area contributed by atoms with E-state index in [1.807, 2.05) is 13.0 Å². The van der Waals surface area contributed by atoms with Crippen molar-refractivity contribution in [3.05, 3.63) is 47.5 Å². The number of methoxy groups -OCH3 is 2. The van der Waals surface area contributed by atoms with Crippen molar-refractivity contribution in [1.29, 1.82) is 0 Å². The lowest BCUT2D eigenvalue weighted by Crippen LogP contribution is -2.22. The summed E-state index contributed by atoms with van der Waals surface area (Å²) in [5.41, 5.74) is 2.42. The Morgan fingerprint density at radius 3 is 2.59 bits per heavy atom. The minimum Gasteiger partial charge on any atom is -0.495 e. The van der Waals surface area contributed by atoms with Crippen molar-refractivity contribution >= 4 is 39.5 Å². The molecule has 0 fully saturated rings. The zero-order valence-corrected chi connectivity index (χ0v) is 17.1. The summed E-state index contributed by atoms with van der Waals surface area (Å²) in [5.74, 6) is 0.503. The second-order valence-corrected chi connectivity index (χ2v) is 6.97. The lowest BCUT2D eigenvalue weighted by atomic mass is 10.1. The van der Waals surface area contributed by atoms with Crippen molar-refractivity contribution in [1.82, 2.24) is 10.5 Å². The molecule has 0 atom stereocenters. The van der Waals surface area contributed by atoms with Gasteiger partial charge >= 0.3 is 6.09 Å². The van der Waals surface area contributed by atoms with Gasteiger partial charge in [-0.25, -0.2) is 17.5 Å². The van der Waals surface area contributed by atoms with Crippen LogP contribution in [-0.2, 0) is 28.6 Å². The number of hydrogen-bond donors (Lipinski definition) is 2. The van der Waals surface area contributed by atoms with Gasteiger partial charge in [0.1, 0.15) is 11.4 Å². The van der Waals surface area contributed by atoms with Crippen molar-refractivity contribution in [2.24, 2.45) is 0 Å². The lowest BCUT2D eigenvalue weighted by Gasteiger charge is -2.19. The molecular formula is C19H21N3O6S. The Balaban J connectivity index is 2.10. The van der Waals surface area contributed by atoms with Gasteiger partial charge in [0.05, 0.1) is 19.6 Å². The fourth-order valence-corrected chi connectivity index (χ4v) is 3.51. The quantitative estimate of drug-likeness (QED) is 0.567. The second-order valence-electron chi connectivity index (χ2n) is 6.09. The highest BCUT2D eigenvalue weighted by molar-refractivity contribution is 7.74. The van der Waals surface area contributed by atoms with Gasteiger partial charge in [-0.2, -0.15) is 0 Å². The van der Waals surface area contributed by atoms with Crippen LogP contribution >= 0.6 is 0 Å². The molecule has 0 spiro atoms. The van der Waals surface area contributed by atoms with Crippen LogP contribution in [0.15, 0.2) is 40.9 Å². The standard InChI is InChI=1S/C19H21N3O6S/c1-4-12-5-8-17(26-2)15(10-12)22(29(24)25)18-14-9-13(11-20-19(23)27-3)6-7-16(14)28-21-18/h5-10,29H,4,11H2,1-3H3,(H,20,23). The Morgan fingerprint density at radius 1 is 1.17 bits per heavy atom. The van der Waals surface area contributed by atoms with Gasteiger partial charge in [0.15, 0.2) is 11.4 Å². The van der Waals surface area contributed by atoms with E-state index in [0.717, 1.165) is 21.9 Å². The number of nitrogens with one attached hydrogen (secondary N) is 1. The Morgan fingerprint density at radius 2 is 1.93 bits per heavy atom. The predicted molar refractivity (Wildman–Crippen MR) is 108 cm³/mol. The molecule has 0 bridgehead atoms. The van der Waals surface area contributed by atoms with Gasteiger partial charge in [-0.3, -0.25) is 0 Å². The zero-order valence-electron chi connectivity index (χ0n) is 16.2. The smallest absolute Gasteiger partial charge is 0.407 e. The topological polar surface area (TPSA) is 111 Å². The summed E-state index contributed by atoms with van der Waals surface area (Å²) < 4.78 is 40.7. The molecule has 29 heavy (non-hydrogen) atoms. The number of ether oxygens (including phenoxy) is 2. The van der Waals surface area contributed by atoms with Crippen LogP contribution < -0.4 is 14.4 Å². The van der Waals surface area contributed by atoms with Gasteiger partial charge < -0.3 is 19.3 Å². The average molecular weight is 419 g/mol. The molecule has 1 amide bonds.